The van der Waals surface area contributed by atoms with Crippen molar-refractivity contribution in [2.45, 2.75) is 64.2 Å². The van der Waals surface area contributed by atoms with Gasteiger partial charge in [-0.05, 0) is 80.6 Å². The molecule has 0 bridgehead atoms. The quantitative estimate of drug-likeness (QED) is 0.144. The molecule has 1 saturated heterocycles. The first kappa shape index (κ1) is 27.9. The van der Waals surface area contributed by atoms with Gasteiger partial charge in [0.2, 0.25) is 11.2 Å². The van der Waals surface area contributed by atoms with Crippen LogP contribution in [0.2, 0.25) is 10.0 Å². The summed E-state index contributed by atoms with van der Waals surface area (Å²) in [5.74, 6) is 0.603. The third kappa shape index (κ3) is 6.65. The standard InChI is InChI=1S/C32H32Cl2N2O5/c33-24-7-9-27-22(17-24)11-14-35(27)13-3-1-5-31(36-15-12-23-18-25(34)8-10-28(23)36)41-30-21-39-26(19-29(30)37)20-40-32-6-2-4-16-38-32/h7-12,14-15,17-19,21,31-32H,1-6,13,16,20H2. The molecule has 6 rings (SSSR count). The van der Waals surface area contributed by atoms with Crippen LogP contribution in [-0.4, -0.2) is 22.0 Å². The highest BCUT2D eigenvalue weighted by molar-refractivity contribution is 6.31. The van der Waals surface area contributed by atoms with Crippen molar-refractivity contribution in [3.8, 4) is 5.75 Å². The van der Waals surface area contributed by atoms with Gasteiger partial charge in [0.15, 0.2) is 12.5 Å². The van der Waals surface area contributed by atoms with E-state index in [1.54, 1.807) is 0 Å². The van der Waals surface area contributed by atoms with Gasteiger partial charge in [0.25, 0.3) is 0 Å². The predicted molar refractivity (Wildman–Crippen MR) is 161 cm³/mol. The molecule has 0 radical (unpaired) electrons. The number of halogens is 2. The number of nitrogens with zero attached hydrogens (tertiary/aromatic N) is 2. The highest BCUT2D eigenvalue weighted by atomic mass is 35.5. The molecule has 3 aromatic heterocycles. The SMILES string of the molecule is O=c1cc(COC2CCCCO2)occ1OC(CCCCn1ccc2cc(Cl)ccc21)n1ccc2cc(Cl)ccc21. The molecule has 7 nitrogen and oxygen atoms in total. The molecule has 0 N–H and O–H groups in total. The van der Waals surface area contributed by atoms with Gasteiger partial charge < -0.3 is 27.8 Å². The molecule has 0 amide bonds. The normalized spacial score (nSPS) is 16.4. The lowest BCUT2D eigenvalue weighted by Crippen LogP contribution is -2.22. The molecule has 214 valence electrons. The van der Waals surface area contributed by atoms with E-state index in [9.17, 15) is 4.79 Å². The lowest BCUT2D eigenvalue weighted by molar-refractivity contribution is -0.171. The maximum absolute atomic E-state index is 13.0. The van der Waals surface area contributed by atoms with Gasteiger partial charge in [-0.15, -0.1) is 0 Å². The Balaban J connectivity index is 1.15. The monoisotopic (exact) mass is 594 g/mol. The van der Waals surface area contributed by atoms with Crippen LogP contribution >= 0.6 is 23.2 Å². The summed E-state index contributed by atoms with van der Waals surface area (Å²) >= 11 is 12.4. The zero-order valence-electron chi connectivity index (χ0n) is 22.6. The first-order chi connectivity index (χ1) is 20.0. The minimum atomic E-state index is -0.408. The Kier molecular flexibility index (Phi) is 8.67. The van der Waals surface area contributed by atoms with Crippen molar-refractivity contribution in [3.05, 3.63) is 99.3 Å². The summed E-state index contributed by atoms with van der Waals surface area (Å²) < 4.78 is 27.7. The lowest BCUT2D eigenvalue weighted by atomic mass is 10.2. The fourth-order valence-corrected chi connectivity index (χ4v) is 5.73. The zero-order chi connectivity index (χ0) is 28.2. The van der Waals surface area contributed by atoms with Crippen LogP contribution in [0.1, 0.15) is 50.5 Å². The van der Waals surface area contributed by atoms with Gasteiger partial charge in [-0.25, -0.2) is 0 Å². The van der Waals surface area contributed by atoms with Crippen LogP contribution in [0.4, 0.5) is 0 Å². The first-order valence-corrected chi connectivity index (χ1v) is 14.8. The first-order valence-electron chi connectivity index (χ1n) is 14.1. The Morgan fingerprint density at radius 1 is 0.927 bits per heavy atom. The Morgan fingerprint density at radius 2 is 1.71 bits per heavy atom. The third-order valence-electron chi connectivity index (χ3n) is 7.49. The van der Waals surface area contributed by atoms with E-state index < -0.39 is 6.23 Å². The maximum Gasteiger partial charge on any atom is 0.227 e. The maximum atomic E-state index is 13.0. The number of ether oxygens (including phenoxy) is 3. The second kappa shape index (κ2) is 12.7. The minimum Gasteiger partial charge on any atom is -0.463 e. The summed E-state index contributed by atoms with van der Waals surface area (Å²) in [5, 5.41) is 3.54. The zero-order valence-corrected chi connectivity index (χ0v) is 24.2. The van der Waals surface area contributed by atoms with Crippen LogP contribution in [0, 0.1) is 0 Å². The average Bonchev–Trinajstić information content (AvgIpc) is 3.58. The molecule has 0 aliphatic carbocycles. The minimum absolute atomic E-state index is 0.164. The lowest BCUT2D eigenvalue weighted by Gasteiger charge is -2.23. The fourth-order valence-electron chi connectivity index (χ4n) is 5.37. The van der Waals surface area contributed by atoms with E-state index in [1.807, 2.05) is 42.6 Å². The van der Waals surface area contributed by atoms with E-state index in [1.165, 1.54) is 12.3 Å². The van der Waals surface area contributed by atoms with Crippen LogP contribution in [0.3, 0.4) is 0 Å². The van der Waals surface area contributed by atoms with E-state index >= 15 is 0 Å². The Bertz CT molecular complexity index is 1680. The Labute approximate surface area is 248 Å². The molecule has 0 spiro atoms. The molecule has 5 aromatic rings. The van der Waals surface area contributed by atoms with Crippen LogP contribution in [-0.2, 0) is 22.6 Å². The van der Waals surface area contributed by atoms with E-state index in [4.69, 9.17) is 41.8 Å². The van der Waals surface area contributed by atoms with Gasteiger partial charge >= 0.3 is 0 Å². The Morgan fingerprint density at radius 3 is 2.49 bits per heavy atom. The Hall–Kier alpha value is -3.23. The summed E-state index contributed by atoms with van der Waals surface area (Å²) in [6.07, 6.45) is 10.3. The highest BCUT2D eigenvalue weighted by Crippen LogP contribution is 2.28. The van der Waals surface area contributed by atoms with Gasteiger partial charge in [0.05, 0.1) is 5.52 Å². The van der Waals surface area contributed by atoms with Crippen molar-refractivity contribution in [1.29, 1.82) is 0 Å². The molecule has 9 heteroatoms. The topological polar surface area (TPSA) is 67.8 Å². The van der Waals surface area contributed by atoms with Gasteiger partial charge in [0.1, 0.15) is 18.6 Å². The van der Waals surface area contributed by atoms with Gasteiger partial charge in [-0.1, -0.05) is 23.2 Å². The summed E-state index contributed by atoms with van der Waals surface area (Å²) in [4.78, 5) is 13.0. The molecule has 2 unspecified atom stereocenters. The number of aromatic nitrogens is 2. The molecule has 2 atom stereocenters. The van der Waals surface area contributed by atoms with Crippen molar-refractivity contribution < 1.29 is 18.6 Å². The number of unbranched alkanes of at least 4 members (excludes halogenated alkanes) is 1. The van der Waals surface area contributed by atoms with Gasteiger partial charge in [-0.3, -0.25) is 4.79 Å². The van der Waals surface area contributed by atoms with Crippen LogP contribution < -0.4 is 10.2 Å². The van der Waals surface area contributed by atoms with Crippen molar-refractivity contribution in [2.24, 2.45) is 0 Å². The molecular weight excluding hydrogens is 563 g/mol. The largest absolute Gasteiger partial charge is 0.463 e. The molecule has 1 aliphatic rings. The summed E-state index contributed by atoms with van der Waals surface area (Å²) in [7, 11) is 0. The number of rotatable bonds is 11. The number of aryl methyl sites for hydroxylation is 1. The third-order valence-corrected chi connectivity index (χ3v) is 7.96. The molecule has 1 aliphatic heterocycles. The molecule has 41 heavy (non-hydrogen) atoms. The van der Waals surface area contributed by atoms with Gasteiger partial charge in [-0.2, -0.15) is 0 Å². The van der Waals surface area contributed by atoms with Crippen LogP contribution in [0.15, 0.2) is 82.5 Å². The molecule has 4 heterocycles. The fraction of sp³-hybridized carbons (Fsp3) is 0.344. The molecule has 0 saturated carbocycles. The summed E-state index contributed by atoms with van der Waals surface area (Å²) in [6.45, 7) is 1.73. The van der Waals surface area contributed by atoms with Crippen molar-refractivity contribution in [1.82, 2.24) is 9.13 Å². The van der Waals surface area contributed by atoms with Gasteiger partial charge in [0, 0.05) is 64.4 Å². The average molecular weight is 596 g/mol. The number of hydrogen-bond acceptors (Lipinski definition) is 5. The van der Waals surface area contributed by atoms with Crippen LogP contribution in [0.25, 0.3) is 21.8 Å². The summed E-state index contributed by atoms with van der Waals surface area (Å²) in [6, 6.07) is 17.2. The van der Waals surface area contributed by atoms with E-state index in [-0.39, 0.29) is 24.1 Å². The molecular formula is C32H32Cl2N2O5. The predicted octanol–water partition coefficient (Wildman–Crippen LogP) is 8.35. The number of hydrogen-bond donors (Lipinski definition) is 0. The smallest absolute Gasteiger partial charge is 0.227 e. The summed E-state index contributed by atoms with van der Waals surface area (Å²) in [5.41, 5.74) is 1.89. The van der Waals surface area contributed by atoms with Crippen molar-refractivity contribution >= 4 is 45.0 Å². The second-order valence-corrected chi connectivity index (χ2v) is 11.3. The highest BCUT2D eigenvalue weighted by Gasteiger charge is 2.19. The van der Waals surface area contributed by atoms with E-state index in [0.717, 1.165) is 65.5 Å². The number of fused-ring (bicyclic) bond motifs is 2. The van der Waals surface area contributed by atoms with Crippen molar-refractivity contribution in [2.75, 3.05) is 6.61 Å². The molecule has 1 fully saturated rings. The van der Waals surface area contributed by atoms with Crippen molar-refractivity contribution in [3.63, 3.8) is 0 Å². The van der Waals surface area contributed by atoms with E-state index in [0.29, 0.717) is 23.8 Å². The second-order valence-electron chi connectivity index (χ2n) is 10.4. The molecule has 2 aromatic carbocycles. The van der Waals surface area contributed by atoms with Crippen LogP contribution in [0.5, 0.6) is 5.75 Å². The van der Waals surface area contributed by atoms with E-state index in [2.05, 4.69) is 27.5 Å². The number of benzene rings is 2.